The molecule has 2 amide bonds. The molecule has 10 heteroatoms. The van der Waals surface area contributed by atoms with Crippen molar-refractivity contribution >= 4 is 23.8 Å². The van der Waals surface area contributed by atoms with Gasteiger partial charge in [-0.3, -0.25) is 9.59 Å². The van der Waals surface area contributed by atoms with Crippen molar-refractivity contribution in [2.75, 3.05) is 26.2 Å². The third kappa shape index (κ3) is 28.0. The van der Waals surface area contributed by atoms with Crippen LogP contribution in [0.15, 0.2) is 0 Å². The van der Waals surface area contributed by atoms with E-state index < -0.39 is 11.9 Å². The fourth-order valence-electron chi connectivity index (χ4n) is 4.55. The van der Waals surface area contributed by atoms with E-state index in [2.05, 4.69) is 13.8 Å². The number of rotatable bonds is 27. The Kier molecular flexibility index (Phi) is 35.2. The molecule has 0 aromatic heterocycles. The molecule has 0 aromatic carbocycles. The maximum Gasteiger partial charge on any atom is 1.00 e. The summed E-state index contributed by atoms with van der Waals surface area (Å²) < 4.78 is 0. The van der Waals surface area contributed by atoms with Gasteiger partial charge in [0.25, 0.3) is 0 Å². The average Bonchev–Trinajstić information content (AvgIpc) is 2.88. The number of unbranched alkanes of at least 4 members (excludes halogenated alkanes) is 14. The second-order valence-electron chi connectivity index (χ2n) is 10.5. The van der Waals surface area contributed by atoms with Crippen molar-refractivity contribution in [3.05, 3.63) is 0 Å². The summed E-state index contributed by atoms with van der Waals surface area (Å²) in [7, 11) is 0. The van der Waals surface area contributed by atoms with Gasteiger partial charge in [-0.1, -0.05) is 104 Å². The smallest absolute Gasteiger partial charge is 0.550 e. The number of carboxylic acids is 2. The Hall–Kier alpha value is -0.120. The van der Waals surface area contributed by atoms with Crippen LogP contribution in [0.4, 0.5) is 0 Å². The van der Waals surface area contributed by atoms with Gasteiger partial charge in [0.05, 0.1) is 0 Å². The van der Waals surface area contributed by atoms with Crippen molar-refractivity contribution in [2.45, 2.75) is 142 Å². The normalized spacial score (nSPS) is 10.3. The first-order valence-corrected chi connectivity index (χ1v) is 15.3. The Labute approximate surface area is 288 Å². The number of carboxylic acid groups (broad SMARTS) is 2. The summed E-state index contributed by atoms with van der Waals surface area (Å²) in [5, 5.41) is 22.0. The minimum atomic E-state index is -1.23. The number of hydrogen-bond acceptors (Lipinski definition) is 6. The van der Waals surface area contributed by atoms with Crippen molar-refractivity contribution in [2.24, 2.45) is 0 Å². The van der Waals surface area contributed by atoms with Gasteiger partial charge in [-0.15, -0.1) is 0 Å². The van der Waals surface area contributed by atoms with Crippen molar-refractivity contribution < 1.29 is 88.5 Å². The molecule has 0 aliphatic carbocycles. The van der Waals surface area contributed by atoms with E-state index in [4.69, 9.17) is 0 Å². The molecule has 0 aromatic rings. The topological polar surface area (TPSA) is 121 Å². The Morgan fingerprint density at radius 2 is 0.700 bits per heavy atom. The average molecular weight is 585 g/mol. The van der Waals surface area contributed by atoms with E-state index in [-0.39, 0.29) is 110 Å². The second-order valence-corrected chi connectivity index (χ2v) is 10.5. The van der Waals surface area contributed by atoms with Crippen molar-refractivity contribution in [1.82, 2.24) is 9.80 Å². The van der Waals surface area contributed by atoms with E-state index >= 15 is 0 Å². The van der Waals surface area contributed by atoms with Crippen LogP contribution in [0.3, 0.4) is 0 Å². The van der Waals surface area contributed by atoms with E-state index in [1.54, 1.807) is 0 Å². The van der Waals surface area contributed by atoms with Crippen LogP contribution in [0.2, 0.25) is 0 Å². The summed E-state index contributed by atoms with van der Waals surface area (Å²) in [5.41, 5.74) is 0. The minimum absolute atomic E-state index is 0. The molecule has 0 fully saturated rings. The van der Waals surface area contributed by atoms with Gasteiger partial charge < -0.3 is 29.6 Å². The van der Waals surface area contributed by atoms with Crippen LogP contribution in [-0.2, 0) is 19.2 Å². The predicted octanol–water partition coefficient (Wildman–Crippen LogP) is -2.01. The van der Waals surface area contributed by atoms with Crippen LogP contribution in [0.1, 0.15) is 142 Å². The number of carbonyl (C=O) groups excluding carboxylic acids is 4. The fraction of sp³-hybridized carbons (Fsp3) is 0.867. The van der Waals surface area contributed by atoms with Crippen molar-refractivity contribution in [3.8, 4) is 0 Å². The van der Waals surface area contributed by atoms with Gasteiger partial charge in [0, 0.05) is 63.8 Å². The molecular formula is C30H54N2Na2O6. The van der Waals surface area contributed by atoms with Crippen LogP contribution in [0.25, 0.3) is 0 Å². The standard InChI is InChI=1S/C30H56N2O6.2Na/c1-3-5-7-9-11-13-15-17-19-27(33)31(23-21-29(35)36)25-26-32(24-22-30(37)38)28(34)20-18-16-14-12-10-8-6-4-2;;/h3-26H2,1-2H3,(H,35,36)(H,37,38);;/q;2*+1/p-2. The molecule has 0 N–H and O–H groups in total. The quantitative estimate of drug-likeness (QED) is 0.0813. The van der Waals surface area contributed by atoms with Gasteiger partial charge in [-0.05, 0) is 12.8 Å². The number of hydrogen-bond donors (Lipinski definition) is 0. The molecule has 222 valence electrons. The number of amides is 2. The van der Waals surface area contributed by atoms with Gasteiger partial charge >= 0.3 is 59.1 Å². The van der Waals surface area contributed by atoms with Crippen LogP contribution in [-0.4, -0.2) is 59.7 Å². The third-order valence-electron chi connectivity index (χ3n) is 7.01. The molecular weight excluding hydrogens is 530 g/mol. The first-order chi connectivity index (χ1) is 18.3. The summed E-state index contributed by atoms with van der Waals surface area (Å²) in [5.74, 6) is -2.72. The van der Waals surface area contributed by atoms with Gasteiger partial charge in [0.1, 0.15) is 0 Å². The van der Waals surface area contributed by atoms with E-state index in [9.17, 15) is 29.4 Å². The Bertz CT molecular complexity index is 598. The van der Waals surface area contributed by atoms with E-state index in [0.29, 0.717) is 12.8 Å². The van der Waals surface area contributed by atoms with Crippen molar-refractivity contribution in [3.63, 3.8) is 0 Å². The third-order valence-corrected chi connectivity index (χ3v) is 7.01. The van der Waals surface area contributed by atoms with E-state index in [1.807, 2.05) is 0 Å². The Morgan fingerprint density at radius 3 is 0.975 bits per heavy atom. The maximum absolute atomic E-state index is 12.8. The van der Waals surface area contributed by atoms with Crippen LogP contribution >= 0.6 is 0 Å². The monoisotopic (exact) mass is 584 g/mol. The predicted molar refractivity (Wildman–Crippen MR) is 147 cm³/mol. The van der Waals surface area contributed by atoms with Crippen molar-refractivity contribution in [1.29, 1.82) is 0 Å². The first-order valence-electron chi connectivity index (χ1n) is 15.3. The summed E-state index contributed by atoms with van der Waals surface area (Å²) in [4.78, 5) is 50.6. The van der Waals surface area contributed by atoms with Gasteiger partial charge in [0.15, 0.2) is 0 Å². The summed E-state index contributed by atoms with van der Waals surface area (Å²) in [6, 6.07) is 0. The molecule has 0 spiro atoms. The minimum Gasteiger partial charge on any atom is -0.550 e. The first kappa shape index (κ1) is 44.3. The number of aliphatic carboxylic acids is 2. The molecule has 0 saturated carbocycles. The van der Waals surface area contributed by atoms with Crippen LogP contribution < -0.4 is 69.3 Å². The number of carbonyl (C=O) groups is 4. The number of nitrogens with zero attached hydrogens (tertiary/aromatic N) is 2. The molecule has 0 unspecified atom stereocenters. The zero-order chi connectivity index (χ0) is 28.4. The molecule has 0 aliphatic rings. The van der Waals surface area contributed by atoms with Gasteiger partial charge in [0.2, 0.25) is 11.8 Å². The maximum atomic E-state index is 12.8. The molecule has 0 bridgehead atoms. The Morgan fingerprint density at radius 1 is 0.425 bits per heavy atom. The zero-order valence-electron chi connectivity index (χ0n) is 26.3. The molecule has 0 rings (SSSR count). The van der Waals surface area contributed by atoms with E-state index in [1.165, 1.54) is 61.2 Å². The molecule has 0 aliphatic heterocycles. The largest absolute Gasteiger partial charge is 1.00 e. The van der Waals surface area contributed by atoms with Gasteiger partial charge in [-0.25, -0.2) is 0 Å². The molecule has 0 heterocycles. The molecule has 0 atom stereocenters. The Balaban J connectivity index is -0.00000684. The SMILES string of the molecule is CCCCCCCCCCC(=O)N(CCC(=O)[O-])CCN(CCC(=O)[O-])C(=O)CCCCCCCCCC.[Na+].[Na+]. The van der Waals surface area contributed by atoms with E-state index in [0.717, 1.165) is 51.4 Å². The fourth-order valence-corrected chi connectivity index (χ4v) is 4.55. The van der Waals surface area contributed by atoms with Crippen LogP contribution in [0.5, 0.6) is 0 Å². The van der Waals surface area contributed by atoms with Crippen LogP contribution in [0, 0.1) is 0 Å². The molecule has 0 radical (unpaired) electrons. The summed E-state index contributed by atoms with van der Waals surface area (Å²) >= 11 is 0. The summed E-state index contributed by atoms with van der Waals surface area (Å²) in [6.45, 7) is 4.79. The second kappa shape index (κ2) is 31.8. The molecule has 40 heavy (non-hydrogen) atoms. The molecule has 8 nitrogen and oxygen atoms in total. The summed E-state index contributed by atoms with van der Waals surface area (Å²) in [6.07, 6.45) is 17.9. The zero-order valence-corrected chi connectivity index (χ0v) is 30.3. The van der Waals surface area contributed by atoms with Gasteiger partial charge in [-0.2, -0.15) is 0 Å². The molecule has 0 saturated heterocycles.